The second kappa shape index (κ2) is 16.0. The number of hydrogen-bond donors (Lipinski definition) is 0. The average Bonchev–Trinajstić information content (AvgIpc) is 2.98. The van der Waals surface area contributed by atoms with E-state index in [9.17, 15) is 9.59 Å². The molecule has 5 unspecified atom stereocenters. The maximum Gasteiger partial charge on any atom is 0.347 e. The first-order valence-corrected chi connectivity index (χ1v) is 25.2. The van der Waals surface area contributed by atoms with Gasteiger partial charge in [0, 0.05) is 18.8 Å². The molecule has 1 aliphatic heterocycles. The highest BCUT2D eigenvalue weighted by molar-refractivity contribution is 6.74. The van der Waals surface area contributed by atoms with Crippen LogP contribution in [0.5, 0.6) is 5.75 Å². The standard InChI is InChI=1S/C42H68O7Si2/c1-15-35(46-36-21-16-27(2)22-29(36)4)40(44)47-37-25-32(48-50(11,12)41(5,6)7)23-30-18-17-28(3)34(39(30)37)20-19-31-24-33(26-38(43)45-31)49-51(13,14)42(8,9)10/h16-18,21-23,28,31-35,37,39H,15,19-20,24-26H2,1-14H3/t28?,31-,32?,33-,34?,35+,37?,39?/m1/s1. The van der Waals surface area contributed by atoms with E-state index in [0.717, 1.165) is 30.4 Å². The molecule has 1 aromatic rings. The van der Waals surface area contributed by atoms with Crippen molar-refractivity contribution in [1.29, 1.82) is 0 Å². The van der Waals surface area contributed by atoms with Gasteiger partial charge in [-0.1, -0.05) is 91.3 Å². The molecule has 2 aliphatic carbocycles. The molecule has 8 atom stereocenters. The first-order valence-electron chi connectivity index (χ1n) is 19.4. The maximum absolute atomic E-state index is 14.0. The Morgan fingerprint density at radius 3 is 2.22 bits per heavy atom. The lowest BCUT2D eigenvalue weighted by atomic mass is 9.66. The van der Waals surface area contributed by atoms with Crippen molar-refractivity contribution < 1.29 is 32.7 Å². The van der Waals surface area contributed by atoms with E-state index < -0.39 is 22.7 Å². The molecule has 9 heteroatoms. The third-order valence-electron chi connectivity index (χ3n) is 12.4. The largest absolute Gasteiger partial charge is 0.478 e. The predicted molar refractivity (Wildman–Crippen MR) is 211 cm³/mol. The van der Waals surface area contributed by atoms with Crippen molar-refractivity contribution in [2.24, 2.45) is 17.8 Å². The fourth-order valence-corrected chi connectivity index (χ4v) is 9.94. The van der Waals surface area contributed by atoms with E-state index in [0.29, 0.717) is 25.0 Å². The zero-order chi connectivity index (χ0) is 38.1. The fourth-order valence-electron chi connectivity index (χ4n) is 7.30. The summed E-state index contributed by atoms with van der Waals surface area (Å²) in [5, 5.41) is 0.113. The Bertz CT molecular complexity index is 1450. The lowest BCUT2D eigenvalue weighted by Gasteiger charge is -2.46. The van der Waals surface area contributed by atoms with Crippen molar-refractivity contribution in [3.8, 4) is 5.75 Å². The van der Waals surface area contributed by atoms with E-state index in [-0.39, 0.29) is 64.2 Å². The molecular weight excluding hydrogens is 673 g/mol. The molecule has 0 spiro atoms. The van der Waals surface area contributed by atoms with Crippen LogP contribution in [0, 0.1) is 31.6 Å². The minimum atomic E-state index is -2.11. The molecule has 51 heavy (non-hydrogen) atoms. The van der Waals surface area contributed by atoms with E-state index >= 15 is 0 Å². The Labute approximate surface area is 311 Å². The monoisotopic (exact) mass is 740 g/mol. The molecule has 0 N–H and O–H groups in total. The van der Waals surface area contributed by atoms with Gasteiger partial charge in [-0.05, 0) is 98.4 Å². The molecule has 0 bridgehead atoms. The minimum absolute atomic E-state index is 0.00500. The van der Waals surface area contributed by atoms with E-state index in [1.54, 1.807) is 0 Å². The number of esters is 2. The van der Waals surface area contributed by atoms with E-state index in [2.05, 4.69) is 106 Å². The Hall–Kier alpha value is -2.21. The zero-order valence-corrected chi connectivity index (χ0v) is 36.2. The van der Waals surface area contributed by atoms with Crippen molar-refractivity contribution in [2.75, 3.05) is 0 Å². The van der Waals surface area contributed by atoms with Gasteiger partial charge in [0.25, 0.3) is 0 Å². The first kappa shape index (κ1) is 41.5. The second-order valence-corrected chi connectivity index (χ2v) is 28.1. The van der Waals surface area contributed by atoms with Crippen LogP contribution in [-0.2, 0) is 27.9 Å². The number of hydrogen-bond acceptors (Lipinski definition) is 7. The highest BCUT2D eigenvalue weighted by Crippen LogP contribution is 2.47. The summed E-state index contributed by atoms with van der Waals surface area (Å²) in [6.45, 7) is 30.8. The lowest BCUT2D eigenvalue weighted by molar-refractivity contribution is -0.164. The van der Waals surface area contributed by atoms with Crippen LogP contribution in [0.15, 0.2) is 42.0 Å². The van der Waals surface area contributed by atoms with E-state index in [4.69, 9.17) is 23.1 Å². The van der Waals surface area contributed by atoms with Gasteiger partial charge in [0.05, 0.1) is 18.6 Å². The quantitative estimate of drug-likeness (QED) is 0.156. The number of ether oxygens (including phenoxy) is 3. The summed E-state index contributed by atoms with van der Waals surface area (Å²) in [7, 11) is -4.15. The highest BCUT2D eigenvalue weighted by Gasteiger charge is 2.47. The Morgan fingerprint density at radius 2 is 1.61 bits per heavy atom. The second-order valence-electron chi connectivity index (χ2n) is 18.6. The number of aryl methyl sites for hydroxylation is 2. The summed E-state index contributed by atoms with van der Waals surface area (Å²) in [6.07, 6.45) is 8.98. The van der Waals surface area contributed by atoms with Crippen LogP contribution in [0.1, 0.15) is 105 Å². The van der Waals surface area contributed by atoms with E-state index in [1.807, 2.05) is 26.0 Å². The summed E-state index contributed by atoms with van der Waals surface area (Å²) in [5.74, 6) is 0.675. The van der Waals surface area contributed by atoms with Crippen LogP contribution in [0.3, 0.4) is 0 Å². The molecule has 1 heterocycles. The van der Waals surface area contributed by atoms with Crippen molar-refractivity contribution in [3.63, 3.8) is 0 Å². The maximum atomic E-state index is 14.0. The van der Waals surface area contributed by atoms with Crippen LogP contribution >= 0.6 is 0 Å². The summed E-state index contributed by atoms with van der Waals surface area (Å²) in [6, 6.07) is 6.02. The molecule has 1 fully saturated rings. The van der Waals surface area contributed by atoms with Gasteiger partial charge in [0.2, 0.25) is 0 Å². The zero-order valence-electron chi connectivity index (χ0n) is 34.2. The minimum Gasteiger partial charge on any atom is -0.478 e. The van der Waals surface area contributed by atoms with Crippen molar-refractivity contribution in [1.82, 2.24) is 0 Å². The van der Waals surface area contributed by atoms with Gasteiger partial charge in [0.15, 0.2) is 22.7 Å². The lowest BCUT2D eigenvalue weighted by Crippen LogP contribution is -2.49. The van der Waals surface area contributed by atoms with Gasteiger partial charge in [-0.15, -0.1) is 0 Å². The Balaban J connectivity index is 1.58. The third kappa shape index (κ3) is 10.3. The number of allylic oxidation sites excluding steroid dienone is 2. The van der Waals surface area contributed by atoms with Crippen LogP contribution < -0.4 is 4.74 Å². The molecular formula is C42H68O7Si2. The van der Waals surface area contributed by atoms with Gasteiger partial charge in [-0.2, -0.15) is 0 Å². The molecule has 1 aromatic carbocycles. The van der Waals surface area contributed by atoms with Crippen LogP contribution in [0.25, 0.3) is 0 Å². The number of benzene rings is 1. The van der Waals surface area contributed by atoms with Crippen molar-refractivity contribution in [3.05, 3.63) is 53.1 Å². The molecule has 7 nitrogen and oxygen atoms in total. The van der Waals surface area contributed by atoms with Gasteiger partial charge >= 0.3 is 11.9 Å². The molecule has 0 aromatic heterocycles. The average molecular weight is 741 g/mol. The van der Waals surface area contributed by atoms with E-state index in [1.165, 1.54) is 5.57 Å². The smallest absolute Gasteiger partial charge is 0.347 e. The van der Waals surface area contributed by atoms with Crippen molar-refractivity contribution >= 4 is 28.6 Å². The number of rotatable bonds is 12. The van der Waals surface area contributed by atoms with Gasteiger partial charge in [0.1, 0.15) is 18.0 Å². The summed E-state index contributed by atoms with van der Waals surface area (Å²) >= 11 is 0. The van der Waals surface area contributed by atoms with Gasteiger partial charge < -0.3 is 23.1 Å². The van der Waals surface area contributed by atoms with Gasteiger partial charge in [-0.25, -0.2) is 4.79 Å². The molecule has 286 valence electrons. The predicted octanol–water partition coefficient (Wildman–Crippen LogP) is 10.4. The fraction of sp³-hybridized carbons (Fsp3) is 0.714. The summed E-state index contributed by atoms with van der Waals surface area (Å²) < 4.78 is 32.5. The van der Waals surface area contributed by atoms with Crippen LogP contribution in [0.2, 0.25) is 36.3 Å². The molecule has 3 aliphatic rings. The first-order chi connectivity index (χ1) is 23.5. The molecule has 0 radical (unpaired) electrons. The van der Waals surface area contributed by atoms with Gasteiger partial charge in [-0.3, -0.25) is 4.79 Å². The highest BCUT2D eigenvalue weighted by atomic mass is 28.4. The van der Waals surface area contributed by atoms with Crippen LogP contribution in [-0.4, -0.2) is 59.1 Å². The SMILES string of the molecule is CC[C@H](Oc1ccc(C)cc1C)C(=O)OC1CC(O[Si](C)(C)C(C)(C)C)C=C2C=CC(C)C(CC[C@@H]3C[C@@H](O[Si](C)(C)C(C)(C)C)CC(=O)O3)C21. The number of fused-ring (bicyclic) bond motifs is 1. The van der Waals surface area contributed by atoms with Crippen molar-refractivity contribution in [2.45, 2.75) is 175 Å². The number of cyclic esters (lactones) is 1. The Kier molecular flexibility index (Phi) is 13.1. The molecule has 0 saturated carbocycles. The summed E-state index contributed by atoms with van der Waals surface area (Å²) in [5.41, 5.74) is 3.32. The summed E-state index contributed by atoms with van der Waals surface area (Å²) in [4.78, 5) is 26.8. The third-order valence-corrected chi connectivity index (χ3v) is 21.5. The topological polar surface area (TPSA) is 80.3 Å². The molecule has 0 amide bonds. The Morgan fingerprint density at radius 1 is 0.961 bits per heavy atom. The number of carbonyl (C=O) groups excluding carboxylic acids is 2. The normalized spacial score (nSPS) is 28.0. The molecule has 4 rings (SSSR count). The molecule has 1 saturated heterocycles. The van der Waals surface area contributed by atoms with Crippen LogP contribution in [0.4, 0.5) is 0 Å². The number of carbonyl (C=O) groups is 2.